The molecule has 4 N–H and O–H groups in total. The molecule has 21 heavy (non-hydrogen) atoms. The molecule has 0 saturated heterocycles. The Morgan fingerprint density at radius 2 is 1.48 bits per heavy atom. The Labute approximate surface area is 140 Å². The summed E-state index contributed by atoms with van der Waals surface area (Å²) in [6.07, 6.45) is 2.48. The van der Waals surface area contributed by atoms with Gasteiger partial charge in [0.25, 0.3) is 0 Å². The quantitative estimate of drug-likeness (QED) is 0.482. The van der Waals surface area contributed by atoms with Gasteiger partial charge < -0.3 is 25.8 Å². The van der Waals surface area contributed by atoms with E-state index >= 15 is 0 Å². The second-order valence-electron chi connectivity index (χ2n) is 3.33. The van der Waals surface area contributed by atoms with E-state index in [1.165, 1.54) is 12.3 Å². The van der Waals surface area contributed by atoms with Gasteiger partial charge in [-0.15, -0.1) is 0 Å². The van der Waals surface area contributed by atoms with Crippen molar-refractivity contribution in [2.24, 2.45) is 0 Å². The molecule has 0 aromatic carbocycles. The molecule has 2 aromatic rings. The molecule has 0 spiro atoms. The van der Waals surface area contributed by atoms with Crippen LogP contribution in [0.1, 0.15) is 10.5 Å². The second-order valence-corrected chi connectivity index (χ2v) is 3.33. The molecule has 0 aliphatic rings. The maximum Gasteiger partial charge on any atom is 1.00 e. The fourth-order valence-corrected chi connectivity index (χ4v) is 1.18. The number of nitrogen functional groups attached to an aromatic ring is 1. The number of carbonyl (C=O) groups is 2. The van der Waals surface area contributed by atoms with Gasteiger partial charge in [0.05, 0.1) is 0 Å². The summed E-state index contributed by atoms with van der Waals surface area (Å²) in [6, 6.07) is 3.07. The number of rotatable bonds is 2. The average Bonchev–Trinajstić information content (AvgIpc) is 2.39. The molecule has 10 heteroatoms. The molecule has 0 fully saturated rings. The maximum atomic E-state index is 10.6. The Morgan fingerprint density at radius 1 is 1.00 bits per heavy atom. The van der Waals surface area contributed by atoms with Crippen molar-refractivity contribution in [3.05, 3.63) is 36.4 Å². The van der Waals surface area contributed by atoms with E-state index in [4.69, 9.17) is 25.8 Å². The fraction of sp³-hybridized carbons (Fsp3) is 0. The molecular weight excluding hydrogens is 291 g/mol. The van der Waals surface area contributed by atoms with E-state index in [1.807, 2.05) is 0 Å². The maximum absolute atomic E-state index is 10.6. The summed E-state index contributed by atoms with van der Waals surface area (Å²) >= 11 is 0. The van der Waals surface area contributed by atoms with Crippen molar-refractivity contribution >= 4 is 18.1 Å². The third-order valence-electron chi connectivity index (χ3n) is 1.99. The molecule has 0 atom stereocenters. The van der Waals surface area contributed by atoms with Crippen molar-refractivity contribution in [1.29, 1.82) is 0 Å². The molecule has 0 unspecified atom stereocenters. The summed E-state index contributed by atoms with van der Waals surface area (Å²) in [5, 5.41) is 24.0. The van der Waals surface area contributed by atoms with Crippen molar-refractivity contribution < 1.29 is 54.5 Å². The second kappa shape index (κ2) is 8.84. The van der Waals surface area contributed by atoms with Gasteiger partial charge in [0, 0.05) is 29.7 Å². The Balaban J connectivity index is 0.000000715. The molecular formula is C11H9N4NaO5. The zero-order valence-corrected chi connectivity index (χ0v) is 12.9. The van der Waals surface area contributed by atoms with E-state index in [9.17, 15) is 4.79 Å². The Morgan fingerprint density at radius 3 is 1.86 bits per heavy atom. The molecule has 0 saturated carbocycles. The third-order valence-corrected chi connectivity index (χ3v) is 1.99. The number of aromatic nitrogens is 3. The molecule has 9 nitrogen and oxygen atoms in total. The Kier molecular flexibility index (Phi) is 7.91. The Bertz CT molecular complexity index is 599. The largest absolute Gasteiger partial charge is 1.00 e. The van der Waals surface area contributed by atoms with Crippen LogP contribution in [0.2, 0.25) is 0 Å². The van der Waals surface area contributed by atoms with Gasteiger partial charge in [-0.25, -0.2) is 19.7 Å². The van der Waals surface area contributed by atoms with Gasteiger partial charge in [0.15, 0.2) is 0 Å². The molecule has 0 aliphatic carbocycles. The van der Waals surface area contributed by atoms with Gasteiger partial charge in [0.2, 0.25) is 12.1 Å². The molecule has 2 aromatic heterocycles. The molecule has 0 radical (unpaired) electrons. The average molecular weight is 300 g/mol. The van der Waals surface area contributed by atoms with Gasteiger partial charge in [-0.05, 0) is 6.07 Å². The summed E-state index contributed by atoms with van der Waals surface area (Å²) < 4.78 is 0. The van der Waals surface area contributed by atoms with Gasteiger partial charge in [-0.2, -0.15) is 0 Å². The van der Waals surface area contributed by atoms with E-state index < -0.39 is 12.1 Å². The van der Waals surface area contributed by atoms with Crippen LogP contribution in [0.25, 0.3) is 11.1 Å². The first-order chi connectivity index (χ1) is 9.40. The predicted octanol–water partition coefficient (Wildman–Crippen LogP) is -3.29. The smallest absolute Gasteiger partial charge is 0.565 e. The van der Waals surface area contributed by atoms with Crippen molar-refractivity contribution in [3.8, 4) is 11.1 Å². The van der Waals surface area contributed by atoms with E-state index in [2.05, 4.69) is 15.0 Å². The summed E-state index contributed by atoms with van der Waals surface area (Å²) in [5.74, 6) is -0.862. The van der Waals surface area contributed by atoms with Crippen LogP contribution in [-0.4, -0.2) is 37.3 Å². The number of nitrogens with zero attached hydrogens (tertiary/aromatic N) is 3. The normalized spacial score (nSPS) is 8.76. The van der Waals surface area contributed by atoms with Crippen molar-refractivity contribution in [1.82, 2.24) is 15.0 Å². The van der Waals surface area contributed by atoms with Gasteiger partial charge in [-0.1, -0.05) is 6.07 Å². The summed E-state index contributed by atoms with van der Waals surface area (Å²) in [7, 11) is 0. The summed E-state index contributed by atoms with van der Waals surface area (Å²) in [6.45, 7) is 0. The van der Waals surface area contributed by atoms with Gasteiger partial charge >= 0.3 is 35.5 Å². The summed E-state index contributed by atoms with van der Waals surface area (Å²) in [5.41, 5.74) is 6.83. The SMILES string of the molecule is Nc1ncc(-c2ccc(C(=O)O)nc2)cn1.O=C([O-])O.[Na+]. The van der Waals surface area contributed by atoms with Crippen molar-refractivity contribution in [3.63, 3.8) is 0 Å². The molecule has 0 aliphatic heterocycles. The van der Waals surface area contributed by atoms with Gasteiger partial charge in [-0.3, -0.25) is 0 Å². The number of carboxylic acid groups (broad SMARTS) is 3. The van der Waals surface area contributed by atoms with Crippen LogP contribution in [0.3, 0.4) is 0 Å². The standard InChI is InChI=1S/C10H8N4O2.CH2O3.Na/c11-10-13-4-7(5-14-10)6-1-2-8(9(15)16)12-3-6;2-1(3)4;/h1-5H,(H,15,16)(H2,11,13,14);(H2,2,3,4);/q;;+1/p-1. The zero-order valence-electron chi connectivity index (χ0n) is 10.9. The minimum atomic E-state index is -2.08. The fourth-order valence-electron chi connectivity index (χ4n) is 1.18. The number of carboxylic acids is 1. The third kappa shape index (κ3) is 6.65. The topological polar surface area (TPSA) is 162 Å². The van der Waals surface area contributed by atoms with E-state index in [0.717, 1.165) is 11.1 Å². The van der Waals surface area contributed by atoms with E-state index in [1.54, 1.807) is 18.5 Å². The first kappa shape index (κ1) is 18.8. The molecule has 2 rings (SSSR count). The monoisotopic (exact) mass is 300 g/mol. The van der Waals surface area contributed by atoms with Crippen LogP contribution in [0.15, 0.2) is 30.7 Å². The Hall–Kier alpha value is -2.23. The van der Waals surface area contributed by atoms with Crippen LogP contribution in [0.5, 0.6) is 0 Å². The summed E-state index contributed by atoms with van der Waals surface area (Å²) in [4.78, 5) is 30.5. The number of pyridine rings is 1. The number of nitrogens with two attached hydrogens (primary N) is 1. The molecule has 2 heterocycles. The van der Waals surface area contributed by atoms with Crippen LogP contribution < -0.4 is 40.4 Å². The van der Waals surface area contributed by atoms with Gasteiger partial charge in [0.1, 0.15) is 5.69 Å². The molecule has 0 amide bonds. The van der Waals surface area contributed by atoms with Crippen LogP contribution >= 0.6 is 0 Å². The van der Waals surface area contributed by atoms with Crippen molar-refractivity contribution in [2.75, 3.05) is 5.73 Å². The number of hydrogen-bond donors (Lipinski definition) is 3. The van der Waals surface area contributed by atoms with Crippen LogP contribution in [-0.2, 0) is 0 Å². The van der Waals surface area contributed by atoms with Crippen molar-refractivity contribution in [2.45, 2.75) is 0 Å². The predicted molar refractivity (Wildman–Crippen MR) is 64.7 cm³/mol. The number of hydrogen-bond acceptors (Lipinski definition) is 7. The molecule has 0 bridgehead atoms. The number of anilines is 1. The minimum Gasteiger partial charge on any atom is -0.565 e. The van der Waals surface area contributed by atoms with Crippen LogP contribution in [0, 0.1) is 0 Å². The van der Waals surface area contributed by atoms with E-state index in [0.29, 0.717) is 0 Å². The zero-order chi connectivity index (χ0) is 15.1. The first-order valence-corrected chi connectivity index (χ1v) is 5.07. The first-order valence-electron chi connectivity index (χ1n) is 5.07. The minimum absolute atomic E-state index is 0. The molecule has 104 valence electrons. The van der Waals surface area contributed by atoms with Crippen LogP contribution in [0.4, 0.5) is 10.7 Å². The van der Waals surface area contributed by atoms with E-state index in [-0.39, 0.29) is 41.2 Å². The number of aromatic carboxylic acids is 1.